The minimum atomic E-state index is 0.444. The molecule has 1 N–H and O–H groups in total. The van der Waals surface area contributed by atoms with E-state index in [4.69, 9.17) is 0 Å². The fourth-order valence-electron chi connectivity index (χ4n) is 3.61. The van der Waals surface area contributed by atoms with Crippen molar-refractivity contribution in [2.75, 3.05) is 7.05 Å². The van der Waals surface area contributed by atoms with Crippen LogP contribution in [0.1, 0.15) is 63.1 Å². The summed E-state index contributed by atoms with van der Waals surface area (Å²) in [5, 5.41) is 3.57. The Bertz CT molecular complexity index is 377. The van der Waals surface area contributed by atoms with Crippen LogP contribution in [0.5, 0.6) is 0 Å². The van der Waals surface area contributed by atoms with Gasteiger partial charge in [0.1, 0.15) is 0 Å². The molecule has 1 aliphatic carbocycles. The molecule has 2 rings (SSSR count). The van der Waals surface area contributed by atoms with Crippen LogP contribution in [0.3, 0.4) is 0 Å². The Balaban J connectivity index is 2.24. The van der Waals surface area contributed by atoms with Crippen molar-refractivity contribution in [3.05, 3.63) is 35.4 Å². The molecule has 1 aliphatic rings. The number of aryl methyl sites for hydroxylation is 1. The first-order chi connectivity index (χ1) is 8.69. The van der Waals surface area contributed by atoms with E-state index in [1.54, 1.807) is 0 Å². The maximum atomic E-state index is 3.57. The molecule has 18 heavy (non-hydrogen) atoms. The molecular weight excluding hydrogens is 218 g/mol. The summed E-state index contributed by atoms with van der Waals surface area (Å²) in [7, 11) is 2.11. The zero-order chi connectivity index (χ0) is 13.0. The van der Waals surface area contributed by atoms with E-state index in [0.29, 0.717) is 11.5 Å². The standard InChI is InChI=1S/C17H27N/c1-4-8-14-9-7-10-15(13-14)16(18-3)17(2)11-5-6-12-17/h7,9-10,13,16,18H,4-6,8,11-12H2,1-3H3. The van der Waals surface area contributed by atoms with E-state index in [2.05, 4.69) is 50.5 Å². The Hall–Kier alpha value is -0.820. The fraction of sp³-hybridized carbons (Fsp3) is 0.647. The molecule has 1 heteroatoms. The summed E-state index contributed by atoms with van der Waals surface area (Å²) in [5.74, 6) is 0. The van der Waals surface area contributed by atoms with Crippen LogP contribution < -0.4 is 5.32 Å². The van der Waals surface area contributed by atoms with Crippen molar-refractivity contribution in [1.82, 2.24) is 5.32 Å². The molecule has 0 bridgehead atoms. The number of rotatable bonds is 5. The van der Waals surface area contributed by atoms with Crippen molar-refractivity contribution >= 4 is 0 Å². The summed E-state index contributed by atoms with van der Waals surface area (Å²) in [5.41, 5.74) is 3.41. The maximum Gasteiger partial charge on any atom is 0.0372 e. The maximum absolute atomic E-state index is 3.57. The van der Waals surface area contributed by atoms with Crippen LogP contribution in [0, 0.1) is 5.41 Å². The van der Waals surface area contributed by atoms with Gasteiger partial charge in [0.05, 0.1) is 0 Å². The van der Waals surface area contributed by atoms with Gasteiger partial charge in [-0.3, -0.25) is 0 Å². The van der Waals surface area contributed by atoms with Gasteiger partial charge in [0.25, 0.3) is 0 Å². The van der Waals surface area contributed by atoms with Gasteiger partial charge in [-0.15, -0.1) is 0 Å². The largest absolute Gasteiger partial charge is 0.313 e. The smallest absolute Gasteiger partial charge is 0.0372 e. The normalized spacial score (nSPS) is 19.9. The van der Waals surface area contributed by atoms with Crippen molar-refractivity contribution < 1.29 is 0 Å². The van der Waals surface area contributed by atoms with Gasteiger partial charge >= 0.3 is 0 Å². The highest BCUT2D eigenvalue weighted by Crippen LogP contribution is 2.47. The number of nitrogens with one attached hydrogen (secondary N) is 1. The van der Waals surface area contributed by atoms with Crippen molar-refractivity contribution in [1.29, 1.82) is 0 Å². The second-order valence-corrected chi connectivity index (χ2v) is 6.08. The van der Waals surface area contributed by atoms with Gasteiger partial charge in [-0.05, 0) is 42.9 Å². The van der Waals surface area contributed by atoms with Gasteiger partial charge in [-0.1, -0.05) is 57.4 Å². The van der Waals surface area contributed by atoms with E-state index in [-0.39, 0.29) is 0 Å². The highest BCUT2D eigenvalue weighted by molar-refractivity contribution is 5.28. The molecule has 1 aromatic carbocycles. The summed E-state index contributed by atoms with van der Waals surface area (Å²) in [6.45, 7) is 4.70. The van der Waals surface area contributed by atoms with Crippen LogP contribution in [0.15, 0.2) is 24.3 Å². The summed E-state index contributed by atoms with van der Waals surface area (Å²) in [4.78, 5) is 0. The van der Waals surface area contributed by atoms with Crippen molar-refractivity contribution in [3.63, 3.8) is 0 Å². The molecule has 1 aromatic rings. The quantitative estimate of drug-likeness (QED) is 0.806. The molecular formula is C17H27N. The van der Waals surface area contributed by atoms with E-state index >= 15 is 0 Å². The van der Waals surface area contributed by atoms with Crippen molar-refractivity contribution in [2.24, 2.45) is 5.41 Å². The topological polar surface area (TPSA) is 12.0 Å². The summed E-state index contributed by atoms with van der Waals surface area (Å²) >= 11 is 0. The Kier molecular flexibility index (Phi) is 4.45. The monoisotopic (exact) mass is 245 g/mol. The predicted molar refractivity (Wildman–Crippen MR) is 78.8 cm³/mol. The summed E-state index contributed by atoms with van der Waals surface area (Å²) < 4.78 is 0. The minimum Gasteiger partial charge on any atom is -0.313 e. The first kappa shape index (κ1) is 13.6. The Morgan fingerprint density at radius 3 is 2.61 bits per heavy atom. The highest BCUT2D eigenvalue weighted by atomic mass is 14.9. The lowest BCUT2D eigenvalue weighted by molar-refractivity contribution is 0.233. The molecule has 0 spiro atoms. The molecule has 0 heterocycles. The van der Waals surface area contributed by atoms with Crippen LogP contribution >= 0.6 is 0 Å². The molecule has 1 fully saturated rings. The van der Waals surface area contributed by atoms with Crippen molar-refractivity contribution in [3.8, 4) is 0 Å². The van der Waals surface area contributed by atoms with E-state index < -0.39 is 0 Å². The predicted octanol–water partition coefficient (Wildman–Crippen LogP) is 4.48. The number of hydrogen-bond acceptors (Lipinski definition) is 1. The van der Waals surface area contributed by atoms with Crippen LogP contribution in [0.4, 0.5) is 0 Å². The van der Waals surface area contributed by atoms with Gasteiger partial charge in [0.15, 0.2) is 0 Å². The summed E-state index contributed by atoms with van der Waals surface area (Å²) in [6, 6.07) is 9.70. The number of hydrogen-bond donors (Lipinski definition) is 1. The molecule has 0 amide bonds. The minimum absolute atomic E-state index is 0.444. The SMILES string of the molecule is CCCc1cccc(C(NC)C2(C)CCCC2)c1. The molecule has 1 unspecified atom stereocenters. The first-order valence-corrected chi connectivity index (χ1v) is 7.46. The average molecular weight is 245 g/mol. The molecule has 1 nitrogen and oxygen atoms in total. The van der Waals surface area contributed by atoms with Gasteiger partial charge in [-0.25, -0.2) is 0 Å². The third-order valence-electron chi connectivity index (χ3n) is 4.55. The fourth-order valence-corrected chi connectivity index (χ4v) is 3.61. The lowest BCUT2D eigenvalue weighted by Gasteiger charge is -2.34. The Morgan fingerprint density at radius 2 is 2.00 bits per heavy atom. The first-order valence-electron chi connectivity index (χ1n) is 7.46. The molecule has 0 radical (unpaired) electrons. The third-order valence-corrected chi connectivity index (χ3v) is 4.55. The van der Waals surface area contributed by atoms with E-state index in [1.165, 1.54) is 49.7 Å². The summed E-state index contributed by atoms with van der Waals surface area (Å²) in [6.07, 6.45) is 7.92. The van der Waals surface area contributed by atoms with E-state index in [1.807, 2.05) is 0 Å². The van der Waals surface area contributed by atoms with E-state index in [0.717, 1.165) is 0 Å². The lowest BCUT2D eigenvalue weighted by Crippen LogP contribution is -2.32. The molecule has 0 aromatic heterocycles. The van der Waals surface area contributed by atoms with Gasteiger partial charge < -0.3 is 5.32 Å². The molecule has 100 valence electrons. The molecule has 0 saturated heterocycles. The molecule has 1 atom stereocenters. The lowest BCUT2D eigenvalue weighted by atomic mass is 9.77. The van der Waals surface area contributed by atoms with Gasteiger partial charge in [-0.2, -0.15) is 0 Å². The average Bonchev–Trinajstić information content (AvgIpc) is 2.79. The van der Waals surface area contributed by atoms with Crippen LogP contribution in [-0.2, 0) is 6.42 Å². The zero-order valence-electron chi connectivity index (χ0n) is 12.1. The number of benzene rings is 1. The van der Waals surface area contributed by atoms with Crippen LogP contribution in [-0.4, -0.2) is 7.05 Å². The van der Waals surface area contributed by atoms with Crippen LogP contribution in [0.2, 0.25) is 0 Å². The van der Waals surface area contributed by atoms with Crippen LogP contribution in [0.25, 0.3) is 0 Å². The second-order valence-electron chi connectivity index (χ2n) is 6.08. The third kappa shape index (κ3) is 2.77. The Morgan fingerprint density at radius 1 is 1.28 bits per heavy atom. The highest BCUT2D eigenvalue weighted by Gasteiger charge is 2.36. The Labute approximate surface area is 112 Å². The zero-order valence-corrected chi connectivity index (χ0v) is 12.1. The van der Waals surface area contributed by atoms with E-state index in [9.17, 15) is 0 Å². The van der Waals surface area contributed by atoms with Gasteiger partial charge in [0.2, 0.25) is 0 Å². The molecule has 0 aliphatic heterocycles. The molecule has 1 saturated carbocycles. The van der Waals surface area contributed by atoms with Gasteiger partial charge in [0, 0.05) is 6.04 Å². The second kappa shape index (κ2) is 5.88. The van der Waals surface area contributed by atoms with Crippen molar-refractivity contribution in [2.45, 2.75) is 58.4 Å².